The van der Waals surface area contributed by atoms with Gasteiger partial charge in [0.1, 0.15) is 5.56 Å². The van der Waals surface area contributed by atoms with Gasteiger partial charge in [0.25, 0.3) is 0 Å². The summed E-state index contributed by atoms with van der Waals surface area (Å²) >= 11 is 0. The molecule has 6 heteroatoms. The van der Waals surface area contributed by atoms with E-state index in [2.05, 4.69) is 5.10 Å². The first kappa shape index (κ1) is 11.5. The normalized spacial score (nSPS) is 10.3. The number of anilines is 1. The molecule has 0 aliphatic carbocycles. The molecule has 0 aliphatic heterocycles. The largest absolute Gasteiger partial charge is 0.462 e. The fourth-order valence-corrected chi connectivity index (χ4v) is 1.10. The summed E-state index contributed by atoms with van der Waals surface area (Å²) in [7, 11) is 1.60. The molecule has 1 rings (SSSR count). The molecule has 0 aliphatic rings. The van der Waals surface area contributed by atoms with E-state index < -0.39 is 5.97 Å². The summed E-state index contributed by atoms with van der Waals surface area (Å²) < 4.78 is 11.3. The molecule has 0 spiro atoms. The van der Waals surface area contributed by atoms with E-state index in [1.807, 2.05) is 0 Å². The van der Waals surface area contributed by atoms with E-state index in [1.165, 1.54) is 0 Å². The SMILES string of the molecule is CCOC(=O)c1cn(CCOC)nc1N. The Bertz CT molecular complexity index is 335. The van der Waals surface area contributed by atoms with Crippen molar-refractivity contribution in [1.82, 2.24) is 9.78 Å². The molecule has 1 aromatic rings. The van der Waals surface area contributed by atoms with Gasteiger partial charge in [-0.15, -0.1) is 0 Å². The van der Waals surface area contributed by atoms with Crippen LogP contribution in [0.3, 0.4) is 0 Å². The van der Waals surface area contributed by atoms with E-state index in [-0.39, 0.29) is 5.82 Å². The van der Waals surface area contributed by atoms with Gasteiger partial charge in [0, 0.05) is 13.3 Å². The Labute approximate surface area is 88.0 Å². The lowest BCUT2D eigenvalue weighted by Crippen LogP contribution is -2.06. The summed E-state index contributed by atoms with van der Waals surface area (Å²) in [4.78, 5) is 11.4. The van der Waals surface area contributed by atoms with Gasteiger partial charge < -0.3 is 15.2 Å². The molecule has 0 bridgehead atoms. The number of nitrogen functional groups attached to an aromatic ring is 1. The molecule has 0 atom stereocenters. The van der Waals surface area contributed by atoms with Crippen molar-refractivity contribution in [1.29, 1.82) is 0 Å². The Morgan fingerprint density at radius 3 is 3.00 bits per heavy atom. The Morgan fingerprint density at radius 2 is 2.40 bits per heavy atom. The number of esters is 1. The summed E-state index contributed by atoms with van der Waals surface area (Å²) in [5.41, 5.74) is 5.87. The standard InChI is InChI=1S/C9H15N3O3/c1-3-15-9(13)7-6-12(4-5-14-2)11-8(7)10/h6H,3-5H2,1-2H3,(H2,10,11). The lowest BCUT2D eigenvalue weighted by molar-refractivity contribution is 0.0527. The molecule has 6 nitrogen and oxygen atoms in total. The highest BCUT2D eigenvalue weighted by Crippen LogP contribution is 2.10. The average molecular weight is 213 g/mol. The number of nitrogens with two attached hydrogens (primary N) is 1. The highest BCUT2D eigenvalue weighted by Gasteiger charge is 2.14. The summed E-state index contributed by atoms with van der Waals surface area (Å²) in [5.74, 6) is -0.261. The molecular weight excluding hydrogens is 198 g/mol. The summed E-state index contributed by atoms with van der Waals surface area (Å²) in [6.45, 7) is 3.13. The van der Waals surface area contributed by atoms with Gasteiger partial charge >= 0.3 is 5.97 Å². The molecule has 0 amide bonds. The number of nitrogens with zero attached hydrogens (tertiary/aromatic N) is 2. The number of rotatable bonds is 5. The van der Waals surface area contributed by atoms with E-state index in [9.17, 15) is 4.79 Å². The highest BCUT2D eigenvalue weighted by atomic mass is 16.5. The van der Waals surface area contributed by atoms with E-state index in [1.54, 1.807) is 24.9 Å². The first-order valence-corrected chi connectivity index (χ1v) is 4.68. The van der Waals surface area contributed by atoms with Crippen LogP contribution in [0.4, 0.5) is 5.82 Å². The number of carbonyl (C=O) groups is 1. The fourth-order valence-electron chi connectivity index (χ4n) is 1.10. The maximum atomic E-state index is 11.4. The zero-order valence-corrected chi connectivity index (χ0v) is 8.90. The van der Waals surface area contributed by atoms with Gasteiger partial charge in [-0.2, -0.15) is 5.10 Å². The maximum absolute atomic E-state index is 11.4. The van der Waals surface area contributed by atoms with Crippen molar-refractivity contribution in [3.05, 3.63) is 11.8 Å². The predicted molar refractivity (Wildman–Crippen MR) is 54.5 cm³/mol. The monoisotopic (exact) mass is 213 g/mol. The van der Waals surface area contributed by atoms with E-state index >= 15 is 0 Å². The number of carbonyl (C=O) groups excluding carboxylic acids is 1. The van der Waals surface area contributed by atoms with Gasteiger partial charge in [-0.05, 0) is 6.92 Å². The quantitative estimate of drug-likeness (QED) is 0.711. The number of hydrogen-bond acceptors (Lipinski definition) is 5. The molecule has 1 heterocycles. The van der Waals surface area contributed by atoms with Gasteiger partial charge in [-0.25, -0.2) is 4.79 Å². The van der Waals surface area contributed by atoms with Gasteiger partial charge in [-0.1, -0.05) is 0 Å². The van der Waals surface area contributed by atoms with Crippen molar-refractivity contribution in [3.63, 3.8) is 0 Å². The van der Waals surface area contributed by atoms with Gasteiger partial charge in [0.2, 0.25) is 0 Å². The van der Waals surface area contributed by atoms with Crippen LogP contribution in [0, 0.1) is 0 Å². The molecule has 0 radical (unpaired) electrons. The number of methoxy groups -OCH3 is 1. The third kappa shape index (κ3) is 2.95. The first-order chi connectivity index (χ1) is 7.19. The summed E-state index contributed by atoms with van der Waals surface area (Å²) in [6, 6.07) is 0. The van der Waals surface area contributed by atoms with Crippen molar-refractivity contribution in [2.24, 2.45) is 0 Å². The summed E-state index contributed by atoms with van der Waals surface area (Å²) in [5, 5.41) is 3.97. The third-order valence-corrected chi connectivity index (χ3v) is 1.81. The molecule has 1 aromatic heterocycles. The van der Waals surface area contributed by atoms with Crippen molar-refractivity contribution in [2.75, 3.05) is 26.1 Å². The zero-order chi connectivity index (χ0) is 11.3. The minimum absolute atomic E-state index is 0.185. The molecule has 84 valence electrons. The molecule has 0 saturated carbocycles. The van der Waals surface area contributed by atoms with Crippen LogP contribution in [0.1, 0.15) is 17.3 Å². The molecule has 0 unspecified atom stereocenters. The lowest BCUT2D eigenvalue weighted by Gasteiger charge is -1.98. The fraction of sp³-hybridized carbons (Fsp3) is 0.556. The topological polar surface area (TPSA) is 79.4 Å². The number of ether oxygens (including phenoxy) is 2. The third-order valence-electron chi connectivity index (χ3n) is 1.81. The Hall–Kier alpha value is -1.56. The molecule has 0 saturated heterocycles. The Balaban J connectivity index is 2.72. The zero-order valence-electron chi connectivity index (χ0n) is 8.90. The van der Waals surface area contributed by atoms with Crippen molar-refractivity contribution in [2.45, 2.75) is 13.5 Å². The average Bonchev–Trinajstić information content (AvgIpc) is 2.57. The minimum atomic E-state index is -0.446. The maximum Gasteiger partial charge on any atom is 0.343 e. The van der Waals surface area contributed by atoms with Crippen LogP contribution in [-0.4, -0.2) is 36.1 Å². The van der Waals surface area contributed by atoms with Crippen LogP contribution in [0.25, 0.3) is 0 Å². The van der Waals surface area contributed by atoms with Crippen LogP contribution in [0.5, 0.6) is 0 Å². The highest BCUT2D eigenvalue weighted by molar-refractivity contribution is 5.93. The Morgan fingerprint density at radius 1 is 1.67 bits per heavy atom. The second kappa shape index (κ2) is 5.35. The first-order valence-electron chi connectivity index (χ1n) is 4.68. The van der Waals surface area contributed by atoms with Crippen LogP contribution < -0.4 is 5.73 Å². The summed E-state index contributed by atoms with van der Waals surface area (Å²) in [6.07, 6.45) is 1.56. The van der Waals surface area contributed by atoms with Crippen LogP contribution >= 0.6 is 0 Å². The van der Waals surface area contributed by atoms with E-state index in [0.29, 0.717) is 25.3 Å². The number of aromatic nitrogens is 2. The minimum Gasteiger partial charge on any atom is -0.462 e. The lowest BCUT2D eigenvalue weighted by atomic mass is 10.3. The second-order valence-corrected chi connectivity index (χ2v) is 2.90. The van der Waals surface area contributed by atoms with Crippen molar-refractivity contribution < 1.29 is 14.3 Å². The predicted octanol–water partition coefficient (Wildman–Crippen LogP) is 0.288. The molecule has 2 N–H and O–H groups in total. The van der Waals surface area contributed by atoms with Crippen molar-refractivity contribution in [3.8, 4) is 0 Å². The van der Waals surface area contributed by atoms with E-state index in [0.717, 1.165) is 0 Å². The van der Waals surface area contributed by atoms with Crippen LogP contribution in [0.15, 0.2) is 6.20 Å². The number of hydrogen-bond donors (Lipinski definition) is 1. The Kier molecular flexibility index (Phi) is 4.11. The van der Waals surface area contributed by atoms with Crippen LogP contribution in [0.2, 0.25) is 0 Å². The van der Waals surface area contributed by atoms with E-state index in [4.69, 9.17) is 15.2 Å². The molecular formula is C9H15N3O3. The smallest absolute Gasteiger partial charge is 0.343 e. The van der Waals surface area contributed by atoms with Gasteiger partial charge in [0.15, 0.2) is 5.82 Å². The van der Waals surface area contributed by atoms with Crippen LogP contribution in [-0.2, 0) is 16.0 Å². The molecule has 15 heavy (non-hydrogen) atoms. The molecule has 0 aromatic carbocycles. The second-order valence-electron chi connectivity index (χ2n) is 2.90. The van der Waals surface area contributed by atoms with Gasteiger partial charge in [0.05, 0.1) is 19.8 Å². The van der Waals surface area contributed by atoms with Gasteiger partial charge in [-0.3, -0.25) is 4.68 Å². The molecule has 0 fully saturated rings. The van der Waals surface area contributed by atoms with Crippen molar-refractivity contribution >= 4 is 11.8 Å².